The van der Waals surface area contributed by atoms with Gasteiger partial charge in [-0.1, -0.05) is 109 Å². The van der Waals surface area contributed by atoms with Gasteiger partial charge in [0.2, 0.25) is 0 Å². The van der Waals surface area contributed by atoms with E-state index in [4.69, 9.17) is 15.0 Å². The molecule has 11 rings (SSSR count). The SMILES string of the molecule is N#Cc1cccc2c(-c3nc(-c4ccc(C56C[C@H]7C[C@H](C5)C[C@@H](C6)C7)cc4)nc(-c4cccc(-c5ccccc5)c4)n3)cc3ccccc3c12. The summed E-state index contributed by atoms with van der Waals surface area (Å²) < 4.78 is 0. The third-order valence-electron chi connectivity index (χ3n) is 11.9. The molecule has 0 N–H and O–H groups in total. The van der Waals surface area contributed by atoms with E-state index in [0.29, 0.717) is 28.5 Å². The maximum absolute atomic E-state index is 10.2. The largest absolute Gasteiger partial charge is 0.208 e. The summed E-state index contributed by atoms with van der Waals surface area (Å²) in [6.07, 6.45) is 8.36. The van der Waals surface area contributed by atoms with Gasteiger partial charge in [-0.2, -0.15) is 5.26 Å². The van der Waals surface area contributed by atoms with Crippen LogP contribution in [0.25, 0.3) is 66.8 Å². The van der Waals surface area contributed by atoms with Crippen LogP contribution < -0.4 is 0 Å². The Balaban J connectivity index is 1.15. The Bertz CT molecular complexity index is 2440. The summed E-state index contributed by atoms with van der Waals surface area (Å²) in [6, 6.07) is 46.9. The number of hydrogen-bond donors (Lipinski definition) is 0. The van der Waals surface area contributed by atoms with E-state index in [1.165, 1.54) is 44.1 Å². The molecule has 1 heterocycles. The first-order valence-electron chi connectivity index (χ1n) is 18.0. The fraction of sp³-hybridized carbons (Fsp3) is 0.217. The van der Waals surface area contributed by atoms with Crippen molar-refractivity contribution in [2.24, 2.45) is 17.8 Å². The molecule has 7 aromatic rings. The maximum atomic E-state index is 10.2. The first kappa shape index (κ1) is 29.3. The molecule has 0 spiro atoms. The molecule has 1 aromatic heterocycles. The average molecular weight is 645 g/mol. The van der Waals surface area contributed by atoms with Crippen LogP contribution in [0.5, 0.6) is 0 Å². The lowest BCUT2D eigenvalue weighted by Crippen LogP contribution is -2.48. The number of rotatable bonds is 5. The summed E-state index contributed by atoms with van der Waals surface area (Å²) in [5, 5.41) is 14.1. The van der Waals surface area contributed by atoms with Crippen LogP contribution in [0.4, 0.5) is 0 Å². The lowest BCUT2D eigenvalue weighted by molar-refractivity contribution is -0.00518. The Labute approximate surface area is 292 Å². The normalized spacial score (nSPS) is 22.2. The second kappa shape index (κ2) is 11.5. The number of fused-ring (bicyclic) bond motifs is 3. The van der Waals surface area contributed by atoms with Crippen molar-refractivity contribution in [2.45, 2.75) is 43.9 Å². The van der Waals surface area contributed by atoms with Crippen LogP contribution in [0.3, 0.4) is 0 Å². The molecule has 6 aromatic carbocycles. The van der Waals surface area contributed by atoms with Crippen molar-refractivity contribution in [3.63, 3.8) is 0 Å². The summed E-state index contributed by atoms with van der Waals surface area (Å²) in [4.78, 5) is 15.6. The Morgan fingerprint density at radius 1 is 0.520 bits per heavy atom. The monoisotopic (exact) mass is 644 g/mol. The Morgan fingerprint density at radius 2 is 1.12 bits per heavy atom. The van der Waals surface area contributed by atoms with Gasteiger partial charge in [0.25, 0.3) is 0 Å². The Kier molecular flexibility index (Phi) is 6.71. The van der Waals surface area contributed by atoms with Crippen molar-refractivity contribution in [2.75, 3.05) is 0 Å². The standard InChI is InChI=1S/C46H36N4/c47-28-37-13-7-15-40-41(24-35-10-4-5-14-39(35)42(37)40)45-49-43(48-44(50-45)36-12-6-11-34(23-36)32-8-2-1-3-9-32)33-16-18-38(19-17-33)46-25-29-20-30(26-46)22-31(21-29)27-46/h1-19,23-24,29-31H,20-22,25-27H2/t29-,30-,31-,46?. The third kappa shape index (κ3) is 4.83. The lowest BCUT2D eigenvalue weighted by atomic mass is 9.48. The third-order valence-corrected chi connectivity index (χ3v) is 11.9. The van der Waals surface area contributed by atoms with E-state index in [9.17, 15) is 5.26 Å². The average Bonchev–Trinajstić information content (AvgIpc) is 3.17. The molecule has 4 heteroatoms. The molecule has 4 aliphatic carbocycles. The van der Waals surface area contributed by atoms with Gasteiger partial charge in [-0.25, -0.2) is 15.0 Å². The van der Waals surface area contributed by atoms with Gasteiger partial charge in [-0.05, 0) is 113 Å². The second-order valence-corrected chi connectivity index (χ2v) is 15.0. The van der Waals surface area contributed by atoms with Crippen LogP contribution in [0, 0.1) is 29.1 Å². The van der Waals surface area contributed by atoms with Crippen LogP contribution in [0.1, 0.15) is 49.7 Å². The second-order valence-electron chi connectivity index (χ2n) is 15.0. The first-order valence-corrected chi connectivity index (χ1v) is 18.0. The minimum Gasteiger partial charge on any atom is -0.208 e. The lowest BCUT2D eigenvalue weighted by Gasteiger charge is -2.57. The minimum absolute atomic E-state index is 0.336. The van der Waals surface area contributed by atoms with Gasteiger partial charge in [0, 0.05) is 22.1 Å². The fourth-order valence-corrected chi connectivity index (χ4v) is 10.1. The van der Waals surface area contributed by atoms with Gasteiger partial charge < -0.3 is 0 Å². The topological polar surface area (TPSA) is 62.5 Å². The van der Waals surface area contributed by atoms with E-state index in [2.05, 4.69) is 103 Å². The molecule has 0 radical (unpaired) electrons. The molecule has 4 nitrogen and oxygen atoms in total. The molecule has 50 heavy (non-hydrogen) atoms. The smallest absolute Gasteiger partial charge is 0.164 e. The minimum atomic E-state index is 0.336. The molecule has 0 unspecified atom stereocenters. The van der Waals surface area contributed by atoms with Crippen LogP contribution >= 0.6 is 0 Å². The first-order chi connectivity index (χ1) is 24.6. The molecule has 0 aliphatic heterocycles. The molecular formula is C46H36N4. The highest BCUT2D eigenvalue weighted by atomic mass is 15.0. The van der Waals surface area contributed by atoms with E-state index in [-0.39, 0.29) is 0 Å². The molecule has 4 saturated carbocycles. The summed E-state index contributed by atoms with van der Waals surface area (Å²) >= 11 is 0. The zero-order valence-electron chi connectivity index (χ0n) is 27.9. The van der Waals surface area contributed by atoms with E-state index < -0.39 is 0 Å². The molecule has 0 saturated heterocycles. The van der Waals surface area contributed by atoms with Gasteiger partial charge in [-0.15, -0.1) is 0 Å². The molecule has 4 bridgehead atoms. The van der Waals surface area contributed by atoms with Crippen molar-refractivity contribution in [3.8, 4) is 51.4 Å². The number of benzene rings is 6. The Hall–Kier alpha value is -5.66. The van der Waals surface area contributed by atoms with E-state index in [1.54, 1.807) is 0 Å². The van der Waals surface area contributed by atoms with E-state index >= 15 is 0 Å². The fourth-order valence-electron chi connectivity index (χ4n) is 10.1. The van der Waals surface area contributed by atoms with Crippen LogP contribution in [0.2, 0.25) is 0 Å². The highest BCUT2D eigenvalue weighted by Gasteiger charge is 2.51. The summed E-state index contributed by atoms with van der Waals surface area (Å²) in [5.41, 5.74) is 7.55. The predicted octanol–water partition coefficient (Wildman–Crippen LogP) is 11.2. The van der Waals surface area contributed by atoms with Crippen molar-refractivity contribution < 1.29 is 0 Å². The van der Waals surface area contributed by atoms with Gasteiger partial charge >= 0.3 is 0 Å². The van der Waals surface area contributed by atoms with Crippen molar-refractivity contribution >= 4 is 21.5 Å². The summed E-state index contributed by atoms with van der Waals surface area (Å²) in [5.74, 6) is 4.60. The summed E-state index contributed by atoms with van der Waals surface area (Å²) in [6.45, 7) is 0. The van der Waals surface area contributed by atoms with Crippen molar-refractivity contribution in [1.29, 1.82) is 5.26 Å². The molecule has 0 amide bonds. The Morgan fingerprint density at radius 3 is 1.86 bits per heavy atom. The number of nitriles is 1. The molecule has 0 atom stereocenters. The predicted molar refractivity (Wildman–Crippen MR) is 201 cm³/mol. The molecule has 4 fully saturated rings. The van der Waals surface area contributed by atoms with Crippen LogP contribution in [-0.2, 0) is 5.41 Å². The summed E-state index contributed by atoms with van der Waals surface area (Å²) in [7, 11) is 0. The molecule has 240 valence electrons. The van der Waals surface area contributed by atoms with Crippen molar-refractivity contribution in [1.82, 2.24) is 15.0 Å². The molecular weight excluding hydrogens is 609 g/mol. The molecule has 4 aliphatic rings. The maximum Gasteiger partial charge on any atom is 0.164 e. The van der Waals surface area contributed by atoms with Crippen molar-refractivity contribution in [3.05, 3.63) is 139 Å². The van der Waals surface area contributed by atoms with Crippen LogP contribution in [-0.4, -0.2) is 15.0 Å². The van der Waals surface area contributed by atoms with Gasteiger partial charge in [0.15, 0.2) is 17.5 Å². The zero-order valence-corrected chi connectivity index (χ0v) is 27.9. The highest BCUT2D eigenvalue weighted by Crippen LogP contribution is 2.60. The van der Waals surface area contributed by atoms with Crippen LogP contribution in [0.15, 0.2) is 127 Å². The van der Waals surface area contributed by atoms with Gasteiger partial charge in [0.1, 0.15) is 0 Å². The number of aromatic nitrogens is 3. The van der Waals surface area contributed by atoms with E-state index in [1.807, 2.05) is 30.3 Å². The number of nitrogens with zero attached hydrogens (tertiary/aromatic N) is 4. The number of hydrogen-bond acceptors (Lipinski definition) is 4. The zero-order chi connectivity index (χ0) is 33.2. The van der Waals surface area contributed by atoms with E-state index in [0.717, 1.165) is 67.1 Å². The van der Waals surface area contributed by atoms with Gasteiger partial charge in [-0.3, -0.25) is 0 Å². The highest BCUT2D eigenvalue weighted by molar-refractivity contribution is 6.15. The quantitative estimate of drug-likeness (QED) is 0.175. The van der Waals surface area contributed by atoms with Gasteiger partial charge in [0.05, 0.1) is 11.6 Å².